The van der Waals surface area contributed by atoms with Gasteiger partial charge in [-0.1, -0.05) is 153 Å². The first kappa shape index (κ1) is 35.9. The SMILES string of the molecule is C[Si]1(C)c2ccccc2Oc2c(-c3ccc(N(c4ccc(-c5cccc6c5Oc5ccccc5O6)cc4)c4cccc5c4Sc4ccccc4[Si]5(C)C)cc3)cccc21. The molecule has 0 radical (unpaired) electrons. The fourth-order valence-corrected chi connectivity index (χ4v) is 17.5. The molecule has 286 valence electrons. The Hall–Kier alpha value is -6.26. The Morgan fingerprint density at radius 1 is 0.390 bits per heavy atom. The van der Waals surface area contributed by atoms with E-state index in [2.05, 4.69) is 171 Å². The molecule has 0 N–H and O–H groups in total. The maximum Gasteiger partial charge on any atom is 0.177 e. The van der Waals surface area contributed by atoms with Crippen LogP contribution in [0.15, 0.2) is 186 Å². The van der Waals surface area contributed by atoms with Gasteiger partial charge >= 0.3 is 0 Å². The van der Waals surface area contributed by atoms with Gasteiger partial charge in [0.2, 0.25) is 0 Å². The predicted molar refractivity (Wildman–Crippen MR) is 249 cm³/mol. The highest BCUT2D eigenvalue weighted by molar-refractivity contribution is 8.00. The van der Waals surface area contributed by atoms with E-state index in [0.29, 0.717) is 5.75 Å². The van der Waals surface area contributed by atoms with E-state index in [1.165, 1.54) is 36.2 Å². The van der Waals surface area contributed by atoms with Crippen LogP contribution in [0.2, 0.25) is 26.2 Å². The number of hydrogen-bond donors (Lipinski definition) is 0. The van der Waals surface area contributed by atoms with Crippen molar-refractivity contribution in [3.8, 4) is 56.8 Å². The summed E-state index contributed by atoms with van der Waals surface area (Å²) in [7, 11) is -3.96. The van der Waals surface area contributed by atoms with E-state index in [-0.39, 0.29) is 0 Å². The molecule has 0 aromatic heterocycles. The first-order valence-electron chi connectivity index (χ1n) is 20.2. The lowest BCUT2D eigenvalue weighted by Crippen LogP contribution is -2.56. The molecule has 0 atom stereocenters. The third-order valence-corrected chi connectivity index (χ3v) is 20.9. The molecule has 8 aromatic rings. The molecule has 4 nitrogen and oxygen atoms in total. The fraction of sp³-hybridized carbons (Fsp3) is 0.0769. The van der Waals surface area contributed by atoms with Crippen LogP contribution in [-0.2, 0) is 0 Å². The first-order chi connectivity index (χ1) is 28.8. The summed E-state index contributed by atoms with van der Waals surface area (Å²) in [6.45, 7) is 9.82. The van der Waals surface area contributed by atoms with Crippen molar-refractivity contribution in [1.29, 1.82) is 0 Å². The molecule has 0 saturated heterocycles. The highest BCUT2D eigenvalue weighted by atomic mass is 32.2. The number of hydrogen-bond acceptors (Lipinski definition) is 5. The fourth-order valence-electron chi connectivity index (χ4n) is 9.10. The molecule has 0 unspecified atom stereocenters. The van der Waals surface area contributed by atoms with Crippen LogP contribution < -0.4 is 39.9 Å². The molecule has 3 aliphatic heterocycles. The molecule has 3 heterocycles. The Bertz CT molecular complexity index is 2960. The molecule has 0 saturated carbocycles. The van der Waals surface area contributed by atoms with Crippen LogP contribution in [-0.4, -0.2) is 16.1 Å². The van der Waals surface area contributed by atoms with Crippen LogP contribution in [0.4, 0.5) is 17.1 Å². The Morgan fingerprint density at radius 3 is 1.59 bits per heavy atom. The lowest BCUT2D eigenvalue weighted by Gasteiger charge is -2.36. The Morgan fingerprint density at radius 2 is 0.881 bits per heavy atom. The Labute approximate surface area is 351 Å². The largest absolute Gasteiger partial charge is 0.457 e. The monoisotopic (exact) mass is 815 g/mol. The zero-order valence-corrected chi connectivity index (χ0v) is 36.1. The van der Waals surface area contributed by atoms with Gasteiger partial charge in [0.1, 0.15) is 27.6 Å². The number of ether oxygens (including phenoxy) is 3. The van der Waals surface area contributed by atoms with E-state index in [0.717, 1.165) is 62.4 Å². The highest BCUT2D eigenvalue weighted by Gasteiger charge is 2.38. The number of benzene rings is 8. The molecule has 59 heavy (non-hydrogen) atoms. The average molecular weight is 816 g/mol. The minimum Gasteiger partial charge on any atom is -0.457 e. The molecule has 7 heteroatoms. The number of para-hydroxylation sites is 5. The van der Waals surface area contributed by atoms with Gasteiger partial charge in [-0.05, 0) is 92.5 Å². The second-order valence-electron chi connectivity index (χ2n) is 16.5. The zero-order valence-electron chi connectivity index (χ0n) is 33.3. The van der Waals surface area contributed by atoms with Crippen molar-refractivity contribution in [2.24, 2.45) is 0 Å². The summed E-state index contributed by atoms with van der Waals surface area (Å²) in [6.07, 6.45) is 0. The molecule has 11 rings (SSSR count). The van der Waals surface area contributed by atoms with Gasteiger partial charge in [-0.25, -0.2) is 0 Å². The summed E-state index contributed by atoms with van der Waals surface area (Å²) in [5.74, 6) is 4.86. The van der Waals surface area contributed by atoms with E-state index in [1.807, 2.05) is 48.2 Å². The maximum atomic E-state index is 6.73. The summed E-state index contributed by atoms with van der Waals surface area (Å²) < 4.78 is 19.5. The number of rotatable bonds is 5. The second-order valence-corrected chi connectivity index (χ2v) is 26.2. The molecule has 3 aliphatic rings. The number of anilines is 3. The molecule has 8 aromatic carbocycles. The van der Waals surface area contributed by atoms with Crippen molar-refractivity contribution in [1.82, 2.24) is 0 Å². The van der Waals surface area contributed by atoms with E-state index >= 15 is 0 Å². The molecule has 0 spiro atoms. The van der Waals surface area contributed by atoms with Gasteiger partial charge in [-0.3, -0.25) is 0 Å². The average Bonchev–Trinajstić information content (AvgIpc) is 3.26. The van der Waals surface area contributed by atoms with Crippen molar-refractivity contribution in [2.75, 3.05) is 4.90 Å². The summed E-state index contributed by atoms with van der Waals surface area (Å²) >= 11 is 1.90. The van der Waals surface area contributed by atoms with Crippen molar-refractivity contribution >= 4 is 65.7 Å². The van der Waals surface area contributed by atoms with E-state index in [9.17, 15) is 0 Å². The van der Waals surface area contributed by atoms with Crippen molar-refractivity contribution < 1.29 is 14.2 Å². The number of nitrogens with zero attached hydrogens (tertiary/aromatic N) is 1. The summed E-state index contributed by atoms with van der Waals surface area (Å²) in [6, 6.07) is 62.9. The number of fused-ring (bicyclic) bond motifs is 6. The lowest BCUT2D eigenvalue weighted by molar-refractivity contribution is 0.361. The third-order valence-electron chi connectivity index (χ3n) is 12.3. The smallest absolute Gasteiger partial charge is 0.177 e. The molecular formula is C52H41NO3SSi2. The van der Waals surface area contributed by atoms with Gasteiger partial charge in [-0.15, -0.1) is 0 Å². The van der Waals surface area contributed by atoms with E-state index in [1.54, 1.807) is 0 Å². The van der Waals surface area contributed by atoms with Gasteiger partial charge in [0.25, 0.3) is 0 Å². The van der Waals surface area contributed by atoms with Crippen molar-refractivity contribution in [2.45, 2.75) is 36.0 Å². The Kier molecular flexibility index (Phi) is 8.31. The minimum absolute atomic E-state index is 0.715. The highest BCUT2D eigenvalue weighted by Crippen LogP contribution is 2.50. The quantitative estimate of drug-likeness (QED) is 0.162. The van der Waals surface area contributed by atoms with Crippen LogP contribution in [0.3, 0.4) is 0 Å². The van der Waals surface area contributed by atoms with Gasteiger partial charge in [0.15, 0.2) is 23.0 Å². The van der Waals surface area contributed by atoms with E-state index in [4.69, 9.17) is 14.2 Å². The van der Waals surface area contributed by atoms with Gasteiger partial charge in [0.05, 0.1) is 5.69 Å². The molecular weight excluding hydrogens is 775 g/mol. The van der Waals surface area contributed by atoms with Crippen molar-refractivity contribution in [3.63, 3.8) is 0 Å². The summed E-state index contributed by atoms with van der Waals surface area (Å²) in [5, 5.41) is 5.64. The normalized spacial score (nSPS) is 14.7. The zero-order chi connectivity index (χ0) is 39.9. The summed E-state index contributed by atoms with van der Waals surface area (Å²) in [4.78, 5) is 5.11. The second kappa shape index (κ2) is 13.7. The van der Waals surface area contributed by atoms with Crippen LogP contribution in [0.5, 0.6) is 34.5 Å². The third kappa shape index (κ3) is 5.79. The van der Waals surface area contributed by atoms with Crippen LogP contribution in [0.1, 0.15) is 0 Å². The molecule has 0 aliphatic carbocycles. The first-order valence-corrected chi connectivity index (χ1v) is 27.0. The van der Waals surface area contributed by atoms with Crippen LogP contribution in [0.25, 0.3) is 22.3 Å². The topological polar surface area (TPSA) is 30.9 Å². The van der Waals surface area contributed by atoms with Gasteiger partial charge in [-0.2, -0.15) is 0 Å². The molecule has 0 fully saturated rings. The standard InChI is InChI=1S/C52H41NO3SSi2/c1-58(2)46-22-9-7-19-43(46)56-51-39(15-12-24-48(51)58)35-28-32-37(33-29-35)53(40-16-13-25-49-52(40)57-45-21-8-10-23-47(45)59(49,3)4)36-30-26-34(27-31-36)38-14-11-20-44-50(38)55-42-18-6-5-17-41(42)54-44/h5-33H,1-4H3. The van der Waals surface area contributed by atoms with E-state index < -0.39 is 16.1 Å². The predicted octanol–water partition coefficient (Wildman–Crippen LogP) is 12.6. The molecule has 0 bridgehead atoms. The van der Waals surface area contributed by atoms with Crippen molar-refractivity contribution in [3.05, 3.63) is 176 Å². The van der Waals surface area contributed by atoms with Crippen LogP contribution >= 0.6 is 11.8 Å². The van der Waals surface area contributed by atoms with Gasteiger partial charge < -0.3 is 19.1 Å². The summed E-state index contributed by atoms with van der Waals surface area (Å²) in [5.41, 5.74) is 7.64. The lowest BCUT2D eigenvalue weighted by atomic mass is 10.0. The Balaban J connectivity index is 1.02. The molecule has 0 amide bonds. The maximum absolute atomic E-state index is 6.73. The minimum atomic E-state index is -1.99. The van der Waals surface area contributed by atoms with Crippen LogP contribution in [0, 0.1) is 0 Å². The van der Waals surface area contributed by atoms with Gasteiger partial charge in [0, 0.05) is 32.3 Å².